The summed E-state index contributed by atoms with van der Waals surface area (Å²) in [6.45, 7) is 2.58. The Hall–Kier alpha value is -1.65. The van der Waals surface area contributed by atoms with Crippen molar-refractivity contribution in [3.05, 3.63) is 58.6 Å². The maximum Gasteiger partial charge on any atom is 0.137 e. The normalized spacial score (nSPS) is 12.2. The molecule has 0 saturated heterocycles. The molecule has 2 aromatic rings. The first kappa shape index (κ1) is 14.8. The fourth-order valence-electron chi connectivity index (χ4n) is 1.81. The largest absolute Gasteiger partial charge is 0.492 e. The zero-order valence-electron chi connectivity index (χ0n) is 11.0. The smallest absolute Gasteiger partial charge is 0.137 e. The van der Waals surface area contributed by atoms with Crippen molar-refractivity contribution in [1.82, 2.24) is 4.98 Å². The molecule has 0 saturated carbocycles. The van der Waals surface area contributed by atoms with Crippen LogP contribution in [0.5, 0.6) is 5.75 Å². The highest BCUT2D eigenvalue weighted by Crippen LogP contribution is 2.27. The summed E-state index contributed by atoms with van der Waals surface area (Å²) in [5.74, 6) is 0.0868. The molecule has 0 spiro atoms. The Balaban J connectivity index is 2.25. The molecule has 1 atom stereocenters. The number of halogens is 2. The maximum atomic E-state index is 13.3. The Kier molecular flexibility index (Phi) is 4.93. The Morgan fingerprint density at radius 1 is 1.25 bits per heavy atom. The SMILES string of the molecule is CCCOc1cncc(C(O)c2cc(F)cc(Cl)c2)c1. The van der Waals surface area contributed by atoms with E-state index in [0.29, 0.717) is 23.5 Å². The quantitative estimate of drug-likeness (QED) is 0.913. The lowest BCUT2D eigenvalue weighted by Gasteiger charge is -2.13. The monoisotopic (exact) mass is 295 g/mol. The van der Waals surface area contributed by atoms with E-state index in [1.807, 2.05) is 6.92 Å². The average molecular weight is 296 g/mol. The highest BCUT2D eigenvalue weighted by Gasteiger charge is 2.13. The van der Waals surface area contributed by atoms with E-state index in [2.05, 4.69) is 4.98 Å². The fraction of sp³-hybridized carbons (Fsp3) is 0.267. The molecule has 0 radical (unpaired) electrons. The first-order valence-corrected chi connectivity index (χ1v) is 6.69. The molecule has 0 aliphatic carbocycles. The number of benzene rings is 1. The van der Waals surface area contributed by atoms with Gasteiger partial charge in [0.15, 0.2) is 0 Å². The van der Waals surface area contributed by atoms with Crippen LogP contribution in [0.4, 0.5) is 4.39 Å². The summed E-state index contributed by atoms with van der Waals surface area (Å²) in [6, 6.07) is 5.65. The van der Waals surface area contributed by atoms with Gasteiger partial charge in [0.1, 0.15) is 17.7 Å². The zero-order valence-corrected chi connectivity index (χ0v) is 11.8. The van der Waals surface area contributed by atoms with Crippen LogP contribution < -0.4 is 4.74 Å². The molecule has 0 bridgehead atoms. The topological polar surface area (TPSA) is 42.4 Å². The van der Waals surface area contributed by atoms with Gasteiger partial charge in [-0.15, -0.1) is 0 Å². The van der Waals surface area contributed by atoms with Gasteiger partial charge >= 0.3 is 0 Å². The molecule has 20 heavy (non-hydrogen) atoms. The van der Waals surface area contributed by atoms with E-state index in [-0.39, 0.29) is 5.02 Å². The van der Waals surface area contributed by atoms with Crippen molar-refractivity contribution in [2.75, 3.05) is 6.61 Å². The van der Waals surface area contributed by atoms with Crippen molar-refractivity contribution in [3.63, 3.8) is 0 Å². The van der Waals surface area contributed by atoms with E-state index in [4.69, 9.17) is 16.3 Å². The van der Waals surface area contributed by atoms with Gasteiger partial charge < -0.3 is 9.84 Å². The number of ether oxygens (including phenoxy) is 1. The standard InChI is InChI=1S/C15H15ClFNO2/c1-2-3-20-14-6-11(8-18-9-14)15(19)10-4-12(16)7-13(17)5-10/h4-9,15,19H,2-3H2,1H3. The summed E-state index contributed by atoms with van der Waals surface area (Å²) in [7, 11) is 0. The van der Waals surface area contributed by atoms with Gasteiger partial charge in [0, 0.05) is 16.8 Å². The fourth-order valence-corrected chi connectivity index (χ4v) is 2.04. The van der Waals surface area contributed by atoms with Crippen LogP contribution in [-0.2, 0) is 0 Å². The molecular formula is C15H15ClFNO2. The van der Waals surface area contributed by atoms with Crippen LogP contribution in [0.1, 0.15) is 30.6 Å². The lowest BCUT2D eigenvalue weighted by molar-refractivity contribution is 0.218. The number of aliphatic hydroxyl groups excluding tert-OH is 1. The number of pyridine rings is 1. The van der Waals surface area contributed by atoms with Gasteiger partial charge in [-0.25, -0.2) is 4.39 Å². The Morgan fingerprint density at radius 2 is 2.05 bits per heavy atom. The molecule has 1 heterocycles. The van der Waals surface area contributed by atoms with Crippen molar-refractivity contribution in [1.29, 1.82) is 0 Å². The number of hydrogen-bond donors (Lipinski definition) is 1. The zero-order chi connectivity index (χ0) is 14.5. The summed E-state index contributed by atoms with van der Waals surface area (Å²) < 4.78 is 18.8. The predicted molar refractivity (Wildman–Crippen MR) is 75.5 cm³/mol. The molecule has 106 valence electrons. The molecule has 5 heteroatoms. The maximum absolute atomic E-state index is 13.3. The van der Waals surface area contributed by atoms with Crippen LogP contribution >= 0.6 is 11.6 Å². The van der Waals surface area contributed by atoms with Crippen LogP contribution in [0, 0.1) is 5.82 Å². The van der Waals surface area contributed by atoms with Gasteiger partial charge in [-0.2, -0.15) is 0 Å². The first-order valence-electron chi connectivity index (χ1n) is 6.32. The molecule has 3 nitrogen and oxygen atoms in total. The number of aromatic nitrogens is 1. The highest BCUT2D eigenvalue weighted by molar-refractivity contribution is 6.30. The third-order valence-electron chi connectivity index (χ3n) is 2.72. The van der Waals surface area contributed by atoms with E-state index in [9.17, 15) is 9.50 Å². The van der Waals surface area contributed by atoms with Gasteiger partial charge in [0.2, 0.25) is 0 Å². The minimum Gasteiger partial charge on any atom is -0.492 e. The first-order chi connectivity index (χ1) is 9.60. The summed E-state index contributed by atoms with van der Waals surface area (Å²) in [5, 5.41) is 10.5. The Labute approximate surface area is 122 Å². The molecule has 1 N–H and O–H groups in total. The highest BCUT2D eigenvalue weighted by atomic mass is 35.5. The third kappa shape index (κ3) is 3.68. The summed E-state index contributed by atoms with van der Waals surface area (Å²) >= 11 is 5.79. The van der Waals surface area contributed by atoms with Crippen LogP contribution in [0.25, 0.3) is 0 Å². The number of nitrogens with zero attached hydrogens (tertiary/aromatic N) is 1. The summed E-state index contributed by atoms with van der Waals surface area (Å²) in [6.07, 6.45) is 2.97. The molecule has 0 fully saturated rings. The van der Waals surface area contributed by atoms with Crippen LogP contribution in [0.15, 0.2) is 36.7 Å². The van der Waals surface area contributed by atoms with E-state index in [1.165, 1.54) is 24.4 Å². The Bertz CT molecular complexity index is 572. The molecular weight excluding hydrogens is 281 g/mol. The Morgan fingerprint density at radius 3 is 2.75 bits per heavy atom. The van der Waals surface area contributed by atoms with Crippen molar-refractivity contribution in [3.8, 4) is 5.75 Å². The van der Waals surface area contributed by atoms with E-state index in [1.54, 1.807) is 12.3 Å². The number of aliphatic hydroxyl groups is 1. The van der Waals surface area contributed by atoms with Crippen molar-refractivity contribution < 1.29 is 14.2 Å². The van der Waals surface area contributed by atoms with Crippen LogP contribution in [0.2, 0.25) is 5.02 Å². The van der Waals surface area contributed by atoms with Crippen molar-refractivity contribution >= 4 is 11.6 Å². The number of hydrogen-bond acceptors (Lipinski definition) is 3. The molecule has 1 aromatic heterocycles. The van der Waals surface area contributed by atoms with Gasteiger partial charge in [-0.1, -0.05) is 18.5 Å². The summed E-state index contributed by atoms with van der Waals surface area (Å²) in [4.78, 5) is 4.02. The van der Waals surface area contributed by atoms with Crippen LogP contribution in [0.3, 0.4) is 0 Å². The van der Waals surface area contributed by atoms with E-state index >= 15 is 0 Å². The van der Waals surface area contributed by atoms with Gasteiger partial charge in [-0.05, 0) is 36.2 Å². The van der Waals surface area contributed by atoms with Gasteiger partial charge in [0.25, 0.3) is 0 Å². The van der Waals surface area contributed by atoms with Gasteiger partial charge in [-0.3, -0.25) is 4.98 Å². The minimum absolute atomic E-state index is 0.241. The summed E-state index contributed by atoms with van der Waals surface area (Å²) in [5.41, 5.74) is 0.907. The van der Waals surface area contributed by atoms with Crippen molar-refractivity contribution in [2.45, 2.75) is 19.4 Å². The second kappa shape index (κ2) is 6.68. The molecule has 0 aliphatic heterocycles. The van der Waals surface area contributed by atoms with Gasteiger partial charge in [0.05, 0.1) is 12.8 Å². The second-order valence-corrected chi connectivity index (χ2v) is 4.84. The van der Waals surface area contributed by atoms with E-state index in [0.717, 1.165) is 6.42 Å². The average Bonchev–Trinajstić information content (AvgIpc) is 2.43. The number of rotatable bonds is 5. The minimum atomic E-state index is -0.999. The lowest BCUT2D eigenvalue weighted by atomic mass is 10.0. The molecule has 1 unspecified atom stereocenters. The van der Waals surface area contributed by atoms with Crippen LogP contribution in [-0.4, -0.2) is 16.7 Å². The molecule has 0 amide bonds. The molecule has 1 aromatic carbocycles. The molecule has 2 rings (SSSR count). The third-order valence-corrected chi connectivity index (χ3v) is 2.94. The lowest BCUT2D eigenvalue weighted by Crippen LogP contribution is -2.03. The second-order valence-electron chi connectivity index (χ2n) is 4.41. The predicted octanol–water partition coefficient (Wildman–Crippen LogP) is 3.74. The van der Waals surface area contributed by atoms with Crippen molar-refractivity contribution in [2.24, 2.45) is 0 Å². The molecule has 0 aliphatic rings. The van der Waals surface area contributed by atoms with E-state index < -0.39 is 11.9 Å².